The first-order valence-electron chi connectivity index (χ1n) is 8.52. The molecule has 0 fully saturated rings. The van der Waals surface area contributed by atoms with Crippen LogP contribution in [0.4, 0.5) is 0 Å². The Hall–Kier alpha value is -0.836. The minimum Gasteiger partial charge on any atom is -0.127 e. The first kappa shape index (κ1) is 17.5. The molecule has 1 unspecified atom stereocenters. The topological polar surface area (TPSA) is 0 Å². The van der Waals surface area contributed by atoms with Gasteiger partial charge in [-0.05, 0) is 12.5 Å². The number of halogens is 1. The molecule has 2 rings (SSSR count). The molecular weight excluding hydrogens is 320 g/mol. The summed E-state index contributed by atoms with van der Waals surface area (Å²) in [7, 11) is -0.141. The van der Waals surface area contributed by atoms with Crippen molar-refractivity contribution in [2.24, 2.45) is 0 Å². The minimum absolute atomic E-state index is 0.0223. The highest BCUT2D eigenvalue weighted by Crippen LogP contribution is 2.15. The van der Waals surface area contributed by atoms with Crippen LogP contribution in [0.5, 0.6) is 0 Å². The maximum Gasteiger partial charge on any atom is 0.0547 e. The van der Waals surface area contributed by atoms with Crippen LogP contribution in [0.1, 0.15) is 31.2 Å². The van der Waals surface area contributed by atoms with Crippen LogP contribution in [0, 0.1) is 0 Å². The zero-order valence-corrected chi connectivity index (χ0v) is 17.0. The van der Waals surface area contributed by atoms with Crippen LogP contribution in [-0.4, -0.2) is 24.9 Å². The van der Waals surface area contributed by atoms with Gasteiger partial charge in [0, 0.05) is 15.4 Å². The molecule has 0 N–H and O–H groups in total. The van der Waals surface area contributed by atoms with E-state index in [1.165, 1.54) is 31.7 Å². The molecule has 0 aromatic heterocycles. The Bertz CT molecular complexity index is 501. The molecule has 0 aliphatic carbocycles. The number of unbranched alkanes of at least 4 members (excludes halogenated alkanes) is 2. The Kier molecular flexibility index (Phi) is 8.61. The summed E-state index contributed by atoms with van der Waals surface area (Å²) in [5, 5.41) is 2.70. The van der Waals surface area contributed by atoms with Crippen molar-refractivity contribution in [1.82, 2.24) is 0 Å². The summed E-state index contributed by atoms with van der Waals surface area (Å²) >= 11 is 5.81. The van der Waals surface area contributed by atoms with E-state index in [0.717, 1.165) is 11.0 Å². The van der Waals surface area contributed by atoms with Gasteiger partial charge in [-0.25, -0.2) is 0 Å². The normalized spacial score (nSPS) is 13.3. The lowest BCUT2D eigenvalue weighted by Gasteiger charge is -2.16. The predicted molar refractivity (Wildman–Crippen MR) is 106 cm³/mol. The van der Waals surface area contributed by atoms with E-state index in [1.54, 1.807) is 10.8 Å². The number of hydrogen-bond acceptors (Lipinski definition) is 0. The lowest BCUT2D eigenvalue weighted by Crippen LogP contribution is -2.24. The fourth-order valence-corrected chi connectivity index (χ4v) is 8.99. The molecule has 0 saturated carbocycles. The zero-order valence-electron chi connectivity index (χ0n) is 13.4. The zero-order chi connectivity index (χ0) is 15.5. The summed E-state index contributed by atoms with van der Waals surface area (Å²) in [5.74, 6) is 0.822. The molecule has 0 aliphatic rings. The highest BCUT2D eigenvalue weighted by molar-refractivity contribution is 6.67. The maximum atomic E-state index is 5.81. The van der Waals surface area contributed by atoms with Gasteiger partial charge in [0.25, 0.3) is 0 Å². The first-order valence-corrected chi connectivity index (χ1v) is 12.4. The summed E-state index contributed by atoms with van der Waals surface area (Å²) in [5.41, 5.74) is 1.54. The van der Waals surface area contributed by atoms with Gasteiger partial charge in [-0.1, -0.05) is 95.8 Å². The summed E-state index contributed by atoms with van der Waals surface area (Å²) in [4.78, 5) is 0. The van der Waals surface area contributed by atoms with Gasteiger partial charge in [0.15, 0.2) is 0 Å². The second-order valence-electron chi connectivity index (χ2n) is 6.12. The molecule has 0 spiro atoms. The van der Waals surface area contributed by atoms with Crippen LogP contribution in [0.25, 0.3) is 0 Å². The fraction of sp³-hybridized carbons (Fsp3) is 0.368. The van der Waals surface area contributed by atoms with Gasteiger partial charge in [0.2, 0.25) is 0 Å². The van der Waals surface area contributed by atoms with Crippen LogP contribution in [0.2, 0.25) is 5.16 Å². The Morgan fingerprint density at radius 3 is 2.18 bits per heavy atom. The molecule has 0 bridgehead atoms. The molecule has 22 heavy (non-hydrogen) atoms. The molecule has 2 aromatic rings. The standard InChI is InChI=1S/C19H27ClSi2/c20-15-9-3-8-14-19(22-18-12-6-2-7-13-18)21-16-17-10-4-1-5-11-17/h1-2,4-7,10-13,19H,3,8-9,14-16,21-22H2. The lowest BCUT2D eigenvalue weighted by atomic mass is 10.2. The van der Waals surface area contributed by atoms with E-state index in [1.807, 2.05) is 0 Å². The summed E-state index contributed by atoms with van der Waals surface area (Å²) in [6.07, 6.45) is 5.31. The highest BCUT2D eigenvalue weighted by atomic mass is 35.5. The Morgan fingerprint density at radius 1 is 0.818 bits per heavy atom. The van der Waals surface area contributed by atoms with Crippen molar-refractivity contribution in [3.8, 4) is 0 Å². The Labute approximate surface area is 144 Å². The van der Waals surface area contributed by atoms with Crippen molar-refractivity contribution >= 4 is 35.8 Å². The van der Waals surface area contributed by atoms with Crippen LogP contribution in [0.15, 0.2) is 60.7 Å². The summed E-state index contributed by atoms with van der Waals surface area (Å²) in [6.45, 7) is 0. The van der Waals surface area contributed by atoms with E-state index in [0.29, 0.717) is 0 Å². The third-order valence-electron chi connectivity index (χ3n) is 4.30. The van der Waals surface area contributed by atoms with E-state index in [9.17, 15) is 0 Å². The van der Waals surface area contributed by atoms with Crippen LogP contribution in [-0.2, 0) is 6.04 Å². The minimum atomic E-state index is -0.119. The molecule has 2 aromatic carbocycles. The Balaban J connectivity index is 1.86. The summed E-state index contributed by atoms with van der Waals surface area (Å²) < 4.78 is 0. The molecule has 1 atom stereocenters. The Morgan fingerprint density at radius 2 is 1.50 bits per heavy atom. The van der Waals surface area contributed by atoms with Crippen LogP contribution >= 0.6 is 11.6 Å². The van der Waals surface area contributed by atoms with Gasteiger partial charge in [-0.15, -0.1) is 11.6 Å². The largest absolute Gasteiger partial charge is 0.127 e. The van der Waals surface area contributed by atoms with Crippen molar-refractivity contribution < 1.29 is 0 Å². The third-order valence-corrected chi connectivity index (χ3v) is 10.7. The predicted octanol–water partition coefficient (Wildman–Crippen LogP) is 3.39. The number of hydrogen-bond donors (Lipinski definition) is 0. The van der Waals surface area contributed by atoms with E-state index in [4.69, 9.17) is 11.6 Å². The molecule has 0 nitrogen and oxygen atoms in total. The van der Waals surface area contributed by atoms with Crippen molar-refractivity contribution in [3.05, 3.63) is 66.2 Å². The molecule has 118 valence electrons. The van der Waals surface area contributed by atoms with Crippen molar-refractivity contribution in [1.29, 1.82) is 0 Å². The average Bonchev–Trinajstić information content (AvgIpc) is 2.58. The van der Waals surface area contributed by atoms with Crippen LogP contribution in [0.3, 0.4) is 0 Å². The first-order chi connectivity index (χ1) is 10.9. The van der Waals surface area contributed by atoms with Gasteiger partial charge >= 0.3 is 0 Å². The van der Waals surface area contributed by atoms with E-state index in [2.05, 4.69) is 60.7 Å². The monoisotopic (exact) mass is 346 g/mol. The number of alkyl halides is 1. The fourth-order valence-electron chi connectivity index (χ4n) is 3.02. The lowest BCUT2D eigenvalue weighted by molar-refractivity contribution is 0.688. The average molecular weight is 347 g/mol. The SMILES string of the molecule is ClCCCCCC([SiH2]Cc1ccccc1)[SiH2]c1ccccc1. The second kappa shape index (κ2) is 10.8. The third kappa shape index (κ3) is 6.95. The van der Waals surface area contributed by atoms with Gasteiger partial charge < -0.3 is 0 Å². The van der Waals surface area contributed by atoms with E-state index < -0.39 is 0 Å². The quantitative estimate of drug-likeness (QED) is 0.351. The van der Waals surface area contributed by atoms with E-state index >= 15 is 0 Å². The van der Waals surface area contributed by atoms with Crippen LogP contribution < -0.4 is 5.19 Å². The molecule has 0 heterocycles. The van der Waals surface area contributed by atoms with Gasteiger partial charge in [0.1, 0.15) is 0 Å². The maximum absolute atomic E-state index is 5.81. The number of rotatable bonds is 10. The molecular formula is C19H27ClSi2. The molecule has 0 saturated heterocycles. The second-order valence-corrected chi connectivity index (χ2v) is 12.3. The highest BCUT2D eigenvalue weighted by Gasteiger charge is 2.11. The molecule has 0 aliphatic heterocycles. The molecule has 3 heteroatoms. The smallest absolute Gasteiger partial charge is 0.0547 e. The van der Waals surface area contributed by atoms with Crippen molar-refractivity contribution in [3.63, 3.8) is 0 Å². The van der Waals surface area contributed by atoms with Gasteiger partial charge in [0.05, 0.1) is 9.52 Å². The van der Waals surface area contributed by atoms with E-state index in [-0.39, 0.29) is 19.0 Å². The molecule has 0 amide bonds. The van der Waals surface area contributed by atoms with Gasteiger partial charge in [-0.3, -0.25) is 0 Å². The van der Waals surface area contributed by atoms with Crippen molar-refractivity contribution in [2.45, 2.75) is 36.9 Å². The van der Waals surface area contributed by atoms with Crippen molar-refractivity contribution in [2.75, 3.05) is 5.88 Å². The number of benzene rings is 2. The van der Waals surface area contributed by atoms with Gasteiger partial charge in [-0.2, -0.15) is 0 Å². The molecule has 0 radical (unpaired) electrons. The summed E-state index contributed by atoms with van der Waals surface area (Å²) in [6, 6.07) is 23.6.